The van der Waals surface area contributed by atoms with Gasteiger partial charge in [-0.1, -0.05) is 29.6 Å². The summed E-state index contributed by atoms with van der Waals surface area (Å²) in [4.78, 5) is 13.5. The number of hydrogen-bond donors (Lipinski definition) is 1. The molecular weight excluding hydrogens is 285 g/mol. The lowest BCUT2D eigenvalue weighted by Crippen LogP contribution is -2.45. The summed E-state index contributed by atoms with van der Waals surface area (Å²) < 4.78 is 0. The average Bonchev–Trinajstić information content (AvgIpc) is 2.35. The van der Waals surface area contributed by atoms with E-state index in [4.69, 9.17) is 23.2 Å². The maximum absolute atomic E-state index is 11.5. The van der Waals surface area contributed by atoms with Crippen LogP contribution in [0.25, 0.3) is 0 Å². The molecule has 2 rings (SSSR count). The third-order valence-electron chi connectivity index (χ3n) is 3.47. The Kier molecular flexibility index (Phi) is 5.08. The molecule has 1 aromatic carbocycles. The normalized spacial score (nSPS) is 18.2. The first kappa shape index (κ1) is 14.6. The van der Waals surface area contributed by atoms with Gasteiger partial charge in [-0.3, -0.25) is 9.69 Å². The highest BCUT2D eigenvalue weighted by molar-refractivity contribution is 6.34. The summed E-state index contributed by atoms with van der Waals surface area (Å²) in [7, 11) is 0. The molecule has 0 spiro atoms. The Hall–Kier alpha value is -0.770. The fourth-order valence-corrected chi connectivity index (χ4v) is 3.13. The molecule has 3 nitrogen and oxygen atoms in total. The Bertz CT molecular complexity index is 439. The van der Waals surface area contributed by atoms with E-state index in [2.05, 4.69) is 0 Å². The molecular formula is C14H17Cl2NO2. The van der Waals surface area contributed by atoms with Crippen LogP contribution < -0.4 is 0 Å². The summed E-state index contributed by atoms with van der Waals surface area (Å²) in [6.07, 6.45) is 3.77. The van der Waals surface area contributed by atoms with Crippen molar-refractivity contribution < 1.29 is 9.90 Å². The van der Waals surface area contributed by atoms with Gasteiger partial charge in [0.15, 0.2) is 0 Å². The van der Waals surface area contributed by atoms with Crippen LogP contribution in [0.15, 0.2) is 18.2 Å². The highest BCUT2D eigenvalue weighted by Gasteiger charge is 2.27. The van der Waals surface area contributed by atoms with E-state index in [1.807, 2.05) is 4.90 Å². The highest BCUT2D eigenvalue weighted by Crippen LogP contribution is 2.22. The van der Waals surface area contributed by atoms with Crippen molar-refractivity contribution in [1.82, 2.24) is 4.90 Å². The third kappa shape index (κ3) is 4.10. The molecule has 0 aromatic heterocycles. The summed E-state index contributed by atoms with van der Waals surface area (Å²) >= 11 is 11.9. The van der Waals surface area contributed by atoms with E-state index < -0.39 is 12.0 Å². The van der Waals surface area contributed by atoms with Gasteiger partial charge in [-0.2, -0.15) is 0 Å². The van der Waals surface area contributed by atoms with Crippen molar-refractivity contribution in [1.29, 1.82) is 0 Å². The van der Waals surface area contributed by atoms with Gasteiger partial charge in [0.05, 0.1) is 0 Å². The van der Waals surface area contributed by atoms with Crippen LogP contribution in [0.1, 0.15) is 24.8 Å². The van der Waals surface area contributed by atoms with Gasteiger partial charge in [-0.05, 0) is 56.1 Å². The second-order valence-electron chi connectivity index (χ2n) is 4.93. The Morgan fingerprint density at radius 2 is 1.74 bits per heavy atom. The van der Waals surface area contributed by atoms with Crippen LogP contribution in [0.4, 0.5) is 0 Å². The van der Waals surface area contributed by atoms with E-state index in [1.54, 1.807) is 18.2 Å². The summed E-state index contributed by atoms with van der Waals surface area (Å²) in [6.45, 7) is 1.70. The second kappa shape index (κ2) is 6.60. The van der Waals surface area contributed by atoms with Crippen molar-refractivity contribution in [2.24, 2.45) is 0 Å². The van der Waals surface area contributed by atoms with Crippen LogP contribution in [0.5, 0.6) is 0 Å². The molecule has 1 N–H and O–H groups in total. The third-order valence-corrected chi connectivity index (χ3v) is 3.90. The number of halogens is 2. The minimum absolute atomic E-state index is 0.440. The predicted octanol–water partition coefficient (Wildman–Crippen LogP) is 3.48. The lowest BCUT2D eigenvalue weighted by Gasteiger charge is -2.32. The van der Waals surface area contributed by atoms with E-state index in [9.17, 15) is 9.90 Å². The number of rotatable bonds is 4. The number of likely N-dealkylation sites (tertiary alicyclic amines) is 1. The minimum Gasteiger partial charge on any atom is -0.480 e. The monoisotopic (exact) mass is 301 g/mol. The largest absolute Gasteiger partial charge is 0.480 e. The predicted molar refractivity (Wildman–Crippen MR) is 77.0 cm³/mol. The number of hydrogen-bond acceptors (Lipinski definition) is 2. The molecule has 0 bridgehead atoms. The van der Waals surface area contributed by atoms with Gasteiger partial charge in [0.2, 0.25) is 0 Å². The van der Waals surface area contributed by atoms with Crippen LogP contribution in [0.2, 0.25) is 10.0 Å². The van der Waals surface area contributed by atoms with Crippen LogP contribution in [-0.2, 0) is 11.2 Å². The van der Waals surface area contributed by atoms with Crippen molar-refractivity contribution in [3.05, 3.63) is 33.8 Å². The molecule has 0 aliphatic carbocycles. The Labute approximate surface area is 123 Å². The maximum atomic E-state index is 11.5. The van der Waals surface area contributed by atoms with Crippen LogP contribution in [0, 0.1) is 0 Å². The maximum Gasteiger partial charge on any atom is 0.321 e. The van der Waals surface area contributed by atoms with Gasteiger partial charge >= 0.3 is 5.97 Å². The van der Waals surface area contributed by atoms with E-state index in [1.165, 1.54) is 6.42 Å². The molecule has 1 fully saturated rings. The number of piperidine rings is 1. The van der Waals surface area contributed by atoms with Gasteiger partial charge in [0.1, 0.15) is 6.04 Å². The number of carboxylic acid groups (broad SMARTS) is 1. The first-order chi connectivity index (χ1) is 9.06. The lowest BCUT2D eigenvalue weighted by atomic mass is 10.0. The summed E-state index contributed by atoms with van der Waals surface area (Å²) in [5.74, 6) is -0.780. The second-order valence-corrected chi connectivity index (χ2v) is 5.81. The zero-order valence-electron chi connectivity index (χ0n) is 10.6. The molecule has 1 heterocycles. The summed E-state index contributed by atoms with van der Waals surface area (Å²) in [5, 5.41) is 10.5. The number of nitrogens with zero attached hydrogens (tertiary/aromatic N) is 1. The van der Waals surface area contributed by atoms with Crippen molar-refractivity contribution in [2.75, 3.05) is 13.1 Å². The number of carbonyl (C=O) groups is 1. The van der Waals surface area contributed by atoms with Gasteiger partial charge in [0, 0.05) is 10.0 Å². The van der Waals surface area contributed by atoms with Crippen LogP contribution in [0.3, 0.4) is 0 Å². The fraction of sp³-hybridized carbons (Fsp3) is 0.500. The van der Waals surface area contributed by atoms with Gasteiger partial charge in [0.25, 0.3) is 0 Å². The molecule has 0 amide bonds. The zero-order valence-corrected chi connectivity index (χ0v) is 12.1. The molecule has 1 aromatic rings. The topological polar surface area (TPSA) is 40.5 Å². The molecule has 0 saturated carbocycles. The molecule has 1 aliphatic rings. The molecule has 5 heteroatoms. The average molecular weight is 302 g/mol. The van der Waals surface area contributed by atoms with Gasteiger partial charge in [-0.15, -0.1) is 0 Å². The van der Waals surface area contributed by atoms with Crippen molar-refractivity contribution in [2.45, 2.75) is 31.7 Å². The number of benzene rings is 1. The Balaban J connectivity index is 2.13. The van der Waals surface area contributed by atoms with Crippen molar-refractivity contribution in [3.8, 4) is 0 Å². The lowest BCUT2D eigenvalue weighted by molar-refractivity contribution is -0.143. The molecule has 1 atom stereocenters. The zero-order chi connectivity index (χ0) is 13.8. The van der Waals surface area contributed by atoms with Gasteiger partial charge in [-0.25, -0.2) is 0 Å². The van der Waals surface area contributed by atoms with Gasteiger partial charge < -0.3 is 5.11 Å². The number of aliphatic carboxylic acids is 1. The summed E-state index contributed by atoms with van der Waals surface area (Å²) in [5.41, 5.74) is 0.871. The quantitative estimate of drug-likeness (QED) is 0.925. The van der Waals surface area contributed by atoms with Crippen molar-refractivity contribution in [3.63, 3.8) is 0 Å². The van der Waals surface area contributed by atoms with Crippen molar-refractivity contribution >= 4 is 29.2 Å². The smallest absolute Gasteiger partial charge is 0.321 e. The Morgan fingerprint density at radius 3 is 2.26 bits per heavy atom. The molecule has 104 valence electrons. The Morgan fingerprint density at radius 1 is 1.16 bits per heavy atom. The molecule has 0 unspecified atom stereocenters. The van der Waals surface area contributed by atoms with E-state index >= 15 is 0 Å². The molecule has 1 saturated heterocycles. The minimum atomic E-state index is -0.780. The van der Waals surface area contributed by atoms with E-state index in [0.717, 1.165) is 31.5 Å². The first-order valence-corrected chi connectivity index (χ1v) is 7.23. The molecule has 1 aliphatic heterocycles. The molecule has 19 heavy (non-hydrogen) atoms. The standard InChI is InChI=1S/C14H17Cl2NO2/c15-11-6-10(7-12(16)9-11)8-13(14(18)19)17-4-2-1-3-5-17/h6-7,9,13H,1-5,8H2,(H,18,19)/t13-/m1/s1. The fourth-order valence-electron chi connectivity index (χ4n) is 2.55. The first-order valence-electron chi connectivity index (χ1n) is 6.48. The number of carboxylic acids is 1. The van der Waals surface area contributed by atoms with Crippen LogP contribution in [-0.4, -0.2) is 35.1 Å². The summed E-state index contributed by atoms with van der Waals surface area (Å²) in [6, 6.07) is 4.74. The molecule has 0 radical (unpaired) electrons. The van der Waals surface area contributed by atoms with E-state index in [-0.39, 0.29) is 0 Å². The van der Waals surface area contributed by atoms with E-state index in [0.29, 0.717) is 16.5 Å². The SMILES string of the molecule is O=C(O)[C@@H](Cc1cc(Cl)cc(Cl)c1)N1CCCCC1. The highest BCUT2D eigenvalue weighted by atomic mass is 35.5. The van der Waals surface area contributed by atoms with Crippen LogP contribution >= 0.6 is 23.2 Å².